The Balaban J connectivity index is 1.14. The van der Waals surface area contributed by atoms with E-state index in [-0.39, 0.29) is 11.9 Å². The van der Waals surface area contributed by atoms with Gasteiger partial charge in [0.2, 0.25) is 0 Å². The van der Waals surface area contributed by atoms with Crippen LogP contribution in [0, 0.1) is 18.7 Å². The molecule has 0 fully saturated rings. The smallest absolute Gasteiger partial charge is 0.161 e. The summed E-state index contributed by atoms with van der Waals surface area (Å²) in [5, 5.41) is 3.81. The normalized spacial score (nSPS) is 19.4. The molecule has 3 atom stereocenters. The molecular formula is C34H31FN2O2. The maximum absolute atomic E-state index is 13.1. The van der Waals surface area contributed by atoms with Crippen molar-refractivity contribution in [3.05, 3.63) is 131 Å². The van der Waals surface area contributed by atoms with Gasteiger partial charge >= 0.3 is 0 Å². The lowest BCUT2D eigenvalue weighted by Gasteiger charge is -2.37. The van der Waals surface area contributed by atoms with E-state index in [0.29, 0.717) is 29.9 Å². The zero-order chi connectivity index (χ0) is 26.8. The molecule has 0 aromatic heterocycles. The number of hydrogen-bond acceptors (Lipinski definition) is 4. The Bertz CT molecular complexity index is 1530. The van der Waals surface area contributed by atoms with Crippen LogP contribution in [0.1, 0.15) is 46.2 Å². The Kier molecular flexibility index (Phi) is 6.89. The molecule has 0 amide bonds. The van der Waals surface area contributed by atoms with Crippen LogP contribution in [0.25, 0.3) is 0 Å². The molecule has 1 N–H and O–H groups in total. The molecule has 39 heavy (non-hydrogen) atoms. The molecule has 0 saturated carbocycles. The van der Waals surface area contributed by atoms with E-state index in [1.165, 1.54) is 34.5 Å². The van der Waals surface area contributed by atoms with Gasteiger partial charge in [-0.1, -0.05) is 54.1 Å². The second-order valence-electron chi connectivity index (χ2n) is 10.2. The first-order valence-corrected chi connectivity index (χ1v) is 13.3. The summed E-state index contributed by atoms with van der Waals surface area (Å²) in [7, 11) is 1.61. The number of rotatable bonds is 7. The molecule has 1 aliphatic heterocycles. The number of nitrogens with one attached hydrogen (secondary N) is 1. The summed E-state index contributed by atoms with van der Waals surface area (Å²) in [5.41, 5.74) is 7.92. The molecule has 1 heterocycles. The van der Waals surface area contributed by atoms with E-state index < -0.39 is 0 Å². The van der Waals surface area contributed by atoms with E-state index in [0.717, 1.165) is 23.2 Å². The summed E-state index contributed by atoms with van der Waals surface area (Å²) < 4.78 is 24.6. The number of hydrogen-bond donors (Lipinski definition) is 1. The van der Waals surface area contributed by atoms with Gasteiger partial charge in [0, 0.05) is 17.8 Å². The van der Waals surface area contributed by atoms with Crippen LogP contribution in [0.2, 0.25) is 0 Å². The summed E-state index contributed by atoms with van der Waals surface area (Å²) in [4.78, 5) is 4.69. The molecule has 1 aliphatic carbocycles. The van der Waals surface area contributed by atoms with Crippen LogP contribution in [0.3, 0.4) is 0 Å². The van der Waals surface area contributed by atoms with Gasteiger partial charge in [-0.25, -0.2) is 4.39 Å². The minimum absolute atomic E-state index is 0.263. The average Bonchev–Trinajstić information content (AvgIpc) is 3.46. The topological polar surface area (TPSA) is 42.8 Å². The molecule has 5 heteroatoms. The van der Waals surface area contributed by atoms with Crippen LogP contribution in [-0.4, -0.2) is 13.3 Å². The molecule has 0 saturated heterocycles. The van der Waals surface area contributed by atoms with E-state index in [9.17, 15) is 4.39 Å². The third kappa shape index (κ3) is 5.30. The van der Waals surface area contributed by atoms with Crippen molar-refractivity contribution < 1.29 is 13.9 Å². The van der Waals surface area contributed by atoms with Crippen LogP contribution in [0.15, 0.2) is 102 Å². The average molecular weight is 519 g/mol. The number of aryl methyl sites for hydroxylation is 1. The molecule has 0 bridgehead atoms. The Labute approximate surface area is 228 Å². The number of anilines is 1. The predicted octanol–water partition coefficient (Wildman–Crippen LogP) is 8.30. The molecular weight excluding hydrogens is 487 g/mol. The van der Waals surface area contributed by atoms with Crippen LogP contribution >= 0.6 is 0 Å². The molecule has 4 nitrogen and oxygen atoms in total. The van der Waals surface area contributed by atoms with Crippen LogP contribution < -0.4 is 14.8 Å². The van der Waals surface area contributed by atoms with Crippen molar-refractivity contribution >= 4 is 17.6 Å². The summed E-state index contributed by atoms with van der Waals surface area (Å²) >= 11 is 0. The molecule has 6 rings (SSSR count). The Hall–Kier alpha value is -4.38. The fourth-order valence-corrected chi connectivity index (χ4v) is 5.59. The number of nitrogens with zero attached hydrogens (tertiary/aromatic N) is 1. The lowest BCUT2D eigenvalue weighted by Crippen LogP contribution is -2.29. The van der Waals surface area contributed by atoms with E-state index in [1.807, 2.05) is 24.4 Å². The fraction of sp³-hybridized carbons (Fsp3) is 0.206. The van der Waals surface area contributed by atoms with E-state index in [1.54, 1.807) is 19.2 Å². The highest BCUT2D eigenvalue weighted by atomic mass is 19.1. The van der Waals surface area contributed by atoms with E-state index in [4.69, 9.17) is 14.5 Å². The first-order valence-electron chi connectivity index (χ1n) is 13.3. The van der Waals surface area contributed by atoms with Gasteiger partial charge in [-0.05, 0) is 90.0 Å². The van der Waals surface area contributed by atoms with Crippen LogP contribution in [0.5, 0.6) is 11.5 Å². The first-order chi connectivity index (χ1) is 19.1. The van der Waals surface area contributed by atoms with Gasteiger partial charge < -0.3 is 14.8 Å². The van der Waals surface area contributed by atoms with Gasteiger partial charge in [0.25, 0.3) is 0 Å². The molecule has 0 spiro atoms. The number of methoxy groups -OCH3 is 1. The van der Waals surface area contributed by atoms with Crippen LogP contribution in [0.4, 0.5) is 15.8 Å². The Morgan fingerprint density at radius 2 is 1.77 bits per heavy atom. The Morgan fingerprint density at radius 3 is 2.56 bits per heavy atom. The minimum Gasteiger partial charge on any atom is -0.493 e. The minimum atomic E-state index is -0.263. The zero-order valence-electron chi connectivity index (χ0n) is 22.1. The molecule has 0 radical (unpaired) electrons. The summed E-state index contributed by atoms with van der Waals surface area (Å²) in [6, 6.07) is 27.5. The van der Waals surface area contributed by atoms with Crippen molar-refractivity contribution in [3.8, 4) is 11.5 Å². The molecule has 4 aromatic carbocycles. The van der Waals surface area contributed by atoms with Crippen LogP contribution in [-0.2, 0) is 6.61 Å². The molecule has 196 valence electrons. The summed E-state index contributed by atoms with van der Waals surface area (Å²) in [6.45, 7) is 2.49. The zero-order valence-corrected chi connectivity index (χ0v) is 22.1. The molecule has 2 aliphatic rings. The first kappa shape index (κ1) is 24.9. The van der Waals surface area contributed by atoms with E-state index in [2.05, 4.69) is 66.9 Å². The highest BCUT2D eigenvalue weighted by Crippen LogP contribution is 2.50. The number of fused-ring (bicyclic) bond motifs is 3. The van der Waals surface area contributed by atoms with Crippen molar-refractivity contribution in [1.29, 1.82) is 0 Å². The maximum Gasteiger partial charge on any atom is 0.161 e. The number of allylic oxidation sites excluding steroid dienone is 2. The lowest BCUT2D eigenvalue weighted by molar-refractivity contribution is 0.284. The van der Waals surface area contributed by atoms with Crippen molar-refractivity contribution in [2.75, 3.05) is 12.4 Å². The predicted molar refractivity (Wildman–Crippen MR) is 155 cm³/mol. The monoisotopic (exact) mass is 518 g/mol. The SMILES string of the molecule is COc1cc(C=Nc2ccc([C@@H]3Nc4ccc(C)cc4[C@@H]4C=CC[C@@H]43)cc2)ccc1OCc1ccc(F)cc1. The third-order valence-electron chi connectivity index (χ3n) is 7.63. The number of benzene rings is 4. The van der Waals surface area contributed by atoms with Crippen molar-refractivity contribution in [2.24, 2.45) is 10.9 Å². The van der Waals surface area contributed by atoms with Crippen molar-refractivity contribution in [1.82, 2.24) is 0 Å². The molecule has 0 unspecified atom stereocenters. The number of aliphatic imine (C=N–C) groups is 1. The van der Waals surface area contributed by atoms with Gasteiger partial charge in [0.15, 0.2) is 11.5 Å². The van der Waals surface area contributed by atoms with Gasteiger partial charge in [0.05, 0.1) is 18.8 Å². The van der Waals surface area contributed by atoms with Crippen molar-refractivity contribution in [3.63, 3.8) is 0 Å². The highest BCUT2D eigenvalue weighted by Gasteiger charge is 2.37. The summed E-state index contributed by atoms with van der Waals surface area (Å²) in [6.07, 6.45) is 7.62. The van der Waals surface area contributed by atoms with Gasteiger partial charge in [-0.2, -0.15) is 0 Å². The second-order valence-corrected chi connectivity index (χ2v) is 10.2. The van der Waals surface area contributed by atoms with Gasteiger partial charge in [0.1, 0.15) is 12.4 Å². The van der Waals surface area contributed by atoms with Crippen molar-refractivity contribution in [2.45, 2.75) is 31.9 Å². The Morgan fingerprint density at radius 1 is 0.949 bits per heavy atom. The fourth-order valence-electron chi connectivity index (χ4n) is 5.59. The molecule has 4 aromatic rings. The largest absolute Gasteiger partial charge is 0.493 e. The number of halogens is 1. The highest BCUT2D eigenvalue weighted by molar-refractivity contribution is 5.83. The van der Waals surface area contributed by atoms with E-state index >= 15 is 0 Å². The second kappa shape index (κ2) is 10.8. The standard InChI is InChI=1S/C34H31FN2O2/c1-22-6-16-31-30(18-22)28-4-3-5-29(28)34(37-31)25-10-14-27(15-11-25)36-20-24-9-17-32(33(19-24)38-2)39-21-23-7-12-26(35)13-8-23/h3-4,6-20,28-29,34,37H,5,21H2,1-2H3/t28-,29+,34+/m1/s1. The number of ether oxygens (including phenoxy) is 2. The lowest BCUT2D eigenvalue weighted by atomic mass is 9.76. The summed E-state index contributed by atoms with van der Waals surface area (Å²) in [5.74, 6) is 1.96. The van der Waals surface area contributed by atoms with Gasteiger partial charge in [-0.15, -0.1) is 0 Å². The third-order valence-corrected chi connectivity index (χ3v) is 7.63. The maximum atomic E-state index is 13.1. The quantitative estimate of drug-likeness (QED) is 0.198. The van der Waals surface area contributed by atoms with Gasteiger partial charge in [-0.3, -0.25) is 4.99 Å².